The summed E-state index contributed by atoms with van der Waals surface area (Å²) < 4.78 is 0. The van der Waals surface area contributed by atoms with Gasteiger partial charge in [-0.25, -0.2) is 0 Å². The van der Waals surface area contributed by atoms with Crippen molar-refractivity contribution in [1.29, 1.82) is 0 Å². The maximum atomic E-state index is 14.0. The quantitative estimate of drug-likeness (QED) is 0.0691. The van der Waals surface area contributed by atoms with Crippen molar-refractivity contribution in [3.63, 3.8) is 0 Å². The van der Waals surface area contributed by atoms with Gasteiger partial charge in [-0.05, 0) is 50.0 Å². The Hall–Kier alpha value is -5.10. The fourth-order valence-corrected chi connectivity index (χ4v) is 6.48. The van der Waals surface area contributed by atoms with Gasteiger partial charge < -0.3 is 52.7 Å². The molecule has 0 unspecified atom stereocenters. The zero-order chi connectivity index (χ0) is 44.6. The summed E-state index contributed by atoms with van der Waals surface area (Å²) in [7, 11) is 0. The molecule has 0 bridgehead atoms. The number of carboxylic acid groups (broad SMARTS) is 1. The molecule has 1 aromatic carbocycles. The van der Waals surface area contributed by atoms with Crippen LogP contribution in [0.15, 0.2) is 30.3 Å². The number of carboxylic acids is 1. The minimum absolute atomic E-state index is 0.00129. The number of aliphatic carboxylic acids is 1. The van der Waals surface area contributed by atoms with E-state index in [-0.39, 0.29) is 24.8 Å². The number of benzene rings is 1. The van der Waals surface area contributed by atoms with E-state index in [1.165, 1.54) is 18.7 Å². The molecule has 0 spiro atoms. The van der Waals surface area contributed by atoms with Crippen molar-refractivity contribution in [2.75, 3.05) is 13.1 Å². The van der Waals surface area contributed by atoms with E-state index >= 15 is 0 Å². The lowest BCUT2D eigenvalue weighted by molar-refractivity contribution is -0.143. The number of carbonyl (C=O) groups is 8. The van der Waals surface area contributed by atoms with Crippen molar-refractivity contribution >= 4 is 47.3 Å². The molecule has 11 atom stereocenters. The smallest absolute Gasteiger partial charge is 0.325 e. The number of aliphatic hydroxyl groups is 1. The van der Waals surface area contributed by atoms with Gasteiger partial charge in [-0.15, -0.1) is 0 Å². The van der Waals surface area contributed by atoms with Crippen molar-refractivity contribution in [2.45, 2.75) is 142 Å². The number of hydrogen-bond donors (Lipinski definition) is 9. The summed E-state index contributed by atoms with van der Waals surface area (Å²) >= 11 is 0. The first-order valence-corrected chi connectivity index (χ1v) is 20.6. The number of aliphatic hydroxyl groups excluding tert-OH is 1. The molecule has 1 saturated heterocycles. The van der Waals surface area contributed by atoms with Crippen LogP contribution in [0, 0.1) is 17.8 Å². The van der Waals surface area contributed by atoms with E-state index in [0.717, 1.165) is 0 Å². The maximum Gasteiger partial charge on any atom is 0.325 e. The van der Waals surface area contributed by atoms with Crippen molar-refractivity contribution in [3.05, 3.63) is 35.9 Å². The van der Waals surface area contributed by atoms with Crippen LogP contribution in [0.5, 0.6) is 0 Å². The molecule has 1 aliphatic rings. The van der Waals surface area contributed by atoms with Gasteiger partial charge in [-0.3, -0.25) is 38.4 Å². The molecule has 0 radical (unpaired) electrons. The van der Waals surface area contributed by atoms with Crippen LogP contribution in [-0.4, -0.2) is 124 Å². The summed E-state index contributed by atoms with van der Waals surface area (Å²) in [5.41, 5.74) is 6.85. The van der Waals surface area contributed by atoms with E-state index in [9.17, 15) is 43.5 Å². The molecule has 1 heterocycles. The zero-order valence-electron chi connectivity index (χ0n) is 35.6. The second kappa shape index (κ2) is 24.1. The lowest BCUT2D eigenvalue weighted by atomic mass is 9.94. The third-order valence-electron chi connectivity index (χ3n) is 11.1. The van der Waals surface area contributed by atoms with Crippen molar-refractivity contribution in [1.82, 2.24) is 36.8 Å². The predicted octanol–water partition coefficient (Wildman–Crippen LogP) is -0.289. The Labute approximate surface area is 346 Å². The third-order valence-corrected chi connectivity index (χ3v) is 11.1. The molecule has 2 rings (SSSR count). The normalized spacial score (nSPS) is 18.9. The van der Waals surface area contributed by atoms with Crippen LogP contribution in [0.2, 0.25) is 0 Å². The molecule has 7 amide bonds. The third kappa shape index (κ3) is 14.9. The Bertz CT molecular complexity index is 1610. The number of amides is 7. The van der Waals surface area contributed by atoms with Gasteiger partial charge in [0, 0.05) is 13.0 Å². The first-order chi connectivity index (χ1) is 27.8. The average molecular weight is 831 g/mol. The number of rotatable bonds is 23. The molecule has 10 N–H and O–H groups in total. The molecule has 1 aliphatic heterocycles. The largest absolute Gasteiger partial charge is 0.480 e. The highest BCUT2D eigenvalue weighted by Gasteiger charge is 2.41. The highest BCUT2D eigenvalue weighted by atomic mass is 16.4. The van der Waals surface area contributed by atoms with Crippen molar-refractivity contribution < 1.29 is 48.6 Å². The first kappa shape index (κ1) is 50.0. The number of nitrogens with two attached hydrogens (primary N) is 1. The SMILES string of the molecule is CC[C@H](C)[C@H](N)C(=O)N[C@H](C(=O)N1CCC[C@H]1C(=O)N[C@H](C(=O)N[C@@H](Cc1ccccc1)C(=O)NCC(=O)N[C@H](C(=O)N[C@@H](C)C(=O)O)[C@@H](C)O)[C@@H](C)CC)[C@@H](C)CC. The fraction of sp³-hybridized carbons (Fsp3) is 0.659. The van der Waals surface area contributed by atoms with E-state index in [1.54, 1.807) is 37.3 Å². The van der Waals surface area contributed by atoms with Gasteiger partial charge in [0.05, 0.1) is 18.7 Å². The van der Waals surface area contributed by atoms with Crippen LogP contribution < -0.4 is 37.6 Å². The molecule has 330 valence electrons. The topological polar surface area (TPSA) is 278 Å². The molecular weight excluding hydrogens is 764 g/mol. The molecule has 18 nitrogen and oxygen atoms in total. The molecular formula is C41H66N8O10. The summed E-state index contributed by atoms with van der Waals surface area (Å²) in [6, 6.07) is 0.928. The van der Waals surface area contributed by atoms with Crippen LogP contribution in [-0.2, 0) is 44.8 Å². The Morgan fingerprint density at radius 3 is 1.86 bits per heavy atom. The second-order valence-electron chi connectivity index (χ2n) is 15.7. The van der Waals surface area contributed by atoms with Gasteiger partial charge >= 0.3 is 5.97 Å². The Kier molecular flexibility index (Phi) is 20.4. The second-order valence-corrected chi connectivity index (χ2v) is 15.7. The number of nitrogens with zero attached hydrogens (tertiary/aromatic N) is 1. The van der Waals surface area contributed by atoms with E-state index in [2.05, 4.69) is 31.9 Å². The van der Waals surface area contributed by atoms with Crippen LogP contribution in [0.4, 0.5) is 0 Å². The molecule has 59 heavy (non-hydrogen) atoms. The van der Waals surface area contributed by atoms with E-state index in [1.807, 2.05) is 34.6 Å². The summed E-state index contributed by atoms with van der Waals surface area (Å²) in [6.07, 6.45) is 1.15. The monoisotopic (exact) mass is 830 g/mol. The van der Waals surface area contributed by atoms with E-state index < -0.39 is 108 Å². The molecule has 18 heteroatoms. The summed E-state index contributed by atoms with van der Waals surface area (Å²) in [4.78, 5) is 107. The summed E-state index contributed by atoms with van der Waals surface area (Å²) in [5.74, 6) is -6.79. The highest BCUT2D eigenvalue weighted by Crippen LogP contribution is 2.23. The molecule has 1 fully saturated rings. The van der Waals surface area contributed by atoms with Crippen LogP contribution >= 0.6 is 0 Å². The van der Waals surface area contributed by atoms with Crippen molar-refractivity contribution in [2.24, 2.45) is 23.5 Å². The van der Waals surface area contributed by atoms with Crippen LogP contribution in [0.1, 0.15) is 93.1 Å². The number of hydrogen-bond acceptors (Lipinski definition) is 10. The zero-order valence-corrected chi connectivity index (χ0v) is 35.6. The Morgan fingerprint density at radius 1 is 0.729 bits per heavy atom. The average Bonchev–Trinajstić information content (AvgIpc) is 3.71. The molecule has 0 aliphatic carbocycles. The number of carbonyl (C=O) groups excluding carboxylic acids is 7. The Balaban J connectivity index is 2.27. The van der Waals surface area contributed by atoms with Gasteiger partial charge in [0.15, 0.2) is 0 Å². The van der Waals surface area contributed by atoms with Crippen LogP contribution in [0.3, 0.4) is 0 Å². The lowest BCUT2D eigenvalue weighted by Crippen LogP contribution is -2.61. The summed E-state index contributed by atoms with van der Waals surface area (Å²) in [5, 5.41) is 34.5. The summed E-state index contributed by atoms with van der Waals surface area (Å²) in [6.45, 7) is 13.2. The van der Waals surface area contributed by atoms with Gasteiger partial charge in [-0.1, -0.05) is 91.1 Å². The number of likely N-dealkylation sites (tertiary alicyclic amines) is 1. The minimum atomic E-state index is -1.53. The fourth-order valence-electron chi connectivity index (χ4n) is 6.48. The predicted molar refractivity (Wildman–Crippen MR) is 219 cm³/mol. The Morgan fingerprint density at radius 2 is 1.31 bits per heavy atom. The van der Waals surface area contributed by atoms with Crippen LogP contribution in [0.25, 0.3) is 0 Å². The van der Waals surface area contributed by atoms with E-state index in [4.69, 9.17) is 10.8 Å². The highest BCUT2D eigenvalue weighted by molar-refractivity contribution is 5.97. The molecule has 0 aromatic heterocycles. The standard InChI is InChI=1S/C41H66N8O10/c1-9-22(4)31(42)37(54)48-33(24(6)11-3)40(57)49-19-15-18-29(49)36(53)47-32(23(5)10-2)38(55)45-28(20-27-16-13-12-14-17-27)35(52)43-21-30(51)46-34(26(8)50)39(56)44-25(7)41(58)59/h12-14,16-17,22-26,28-29,31-34,50H,9-11,15,18-21,42H2,1-8H3,(H,43,52)(H,44,56)(H,45,55)(H,46,51)(H,47,53)(H,48,54)(H,58,59)/t22-,23-,24-,25-,26+,28-,29-,31-,32-,33-,34-/m0/s1. The van der Waals surface area contributed by atoms with E-state index in [0.29, 0.717) is 37.7 Å². The first-order valence-electron chi connectivity index (χ1n) is 20.6. The van der Waals surface area contributed by atoms with Gasteiger partial charge in [-0.2, -0.15) is 0 Å². The lowest BCUT2D eigenvalue weighted by Gasteiger charge is -2.33. The van der Waals surface area contributed by atoms with Gasteiger partial charge in [0.25, 0.3) is 0 Å². The maximum absolute atomic E-state index is 14.0. The van der Waals surface area contributed by atoms with Gasteiger partial charge in [0.2, 0.25) is 41.4 Å². The van der Waals surface area contributed by atoms with Crippen molar-refractivity contribution in [3.8, 4) is 0 Å². The minimum Gasteiger partial charge on any atom is -0.480 e. The molecule has 1 aromatic rings. The molecule has 0 saturated carbocycles. The van der Waals surface area contributed by atoms with Gasteiger partial charge in [0.1, 0.15) is 36.3 Å². The number of nitrogens with one attached hydrogen (secondary N) is 6.